The van der Waals surface area contributed by atoms with Crippen LogP contribution in [0.4, 0.5) is 5.69 Å². The summed E-state index contributed by atoms with van der Waals surface area (Å²) in [6.45, 7) is 9.09. The predicted octanol–water partition coefficient (Wildman–Crippen LogP) is 3.30. The number of aromatic nitrogens is 1. The molecule has 0 saturated carbocycles. The van der Waals surface area contributed by atoms with Crippen molar-refractivity contribution >= 4 is 29.1 Å². The van der Waals surface area contributed by atoms with Crippen LogP contribution < -0.4 is 19.7 Å². The molecule has 0 aliphatic carbocycles. The van der Waals surface area contributed by atoms with Crippen molar-refractivity contribution < 1.29 is 23.9 Å². The van der Waals surface area contributed by atoms with Gasteiger partial charge in [-0.3, -0.25) is 19.8 Å². The lowest BCUT2D eigenvalue weighted by Crippen LogP contribution is -2.31. The second kappa shape index (κ2) is 10.4. The van der Waals surface area contributed by atoms with Crippen LogP contribution in [0.25, 0.3) is 0 Å². The van der Waals surface area contributed by atoms with Gasteiger partial charge in [-0.15, -0.1) is 0 Å². The maximum atomic E-state index is 13.6. The molecule has 4 rings (SSSR count). The Balaban J connectivity index is 1.67. The van der Waals surface area contributed by atoms with E-state index in [9.17, 15) is 14.4 Å². The van der Waals surface area contributed by atoms with Gasteiger partial charge < -0.3 is 24.6 Å². The van der Waals surface area contributed by atoms with Gasteiger partial charge in [-0.1, -0.05) is 20.8 Å². The highest BCUT2D eigenvalue weighted by Gasteiger charge is 2.33. The first-order valence-electron chi connectivity index (χ1n) is 12.8. The number of fused-ring (bicyclic) bond motifs is 1. The number of anilines is 1. The number of nitrogens with one attached hydrogen (secondary N) is 2. The first kappa shape index (κ1) is 27.1. The summed E-state index contributed by atoms with van der Waals surface area (Å²) in [6.07, 6.45) is 1.22. The van der Waals surface area contributed by atoms with Gasteiger partial charge in [0.25, 0.3) is 5.91 Å². The maximum absolute atomic E-state index is 13.6. The summed E-state index contributed by atoms with van der Waals surface area (Å²) in [4.78, 5) is 46.3. The fourth-order valence-electron chi connectivity index (χ4n) is 4.89. The van der Waals surface area contributed by atoms with Gasteiger partial charge in [0.15, 0.2) is 17.2 Å². The molecule has 1 fully saturated rings. The molecule has 1 aromatic heterocycles. The molecule has 2 amide bonds. The van der Waals surface area contributed by atoms with Crippen molar-refractivity contribution in [3.05, 3.63) is 46.3 Å². The molecule has 2 N–H and O–H groups in total. The minimum atomic E-state index is -0.407. The Hall–Kier alpha value is -3.95. The van der Waals surface area contributed by atoms with Crippen LogP contribution in [0, 0.1) is 5.41 Å². The van der Waals surface area contributed by atoms with E-state index in [4.69, 9.17) is 14.9 Å². The Labute approximate surface area is 222 Å². The van der Waals surface area contributed by atoms with Crippen molar-refractivity contribution in [1.82, 2.24) is 15.2 Å². The summed E-state index contributed by atoms with van der Waals surface area (Å²) in [7, 11) is 3.09. The molecule has 2 aliphatic rings. The number of nitrogens with zero attached hydrogens (tertiary/aromatic N) is 3. The van der Waals surface area contributed by atoms with Gasteiger partial charge in [-0.2, -0.15) is 0 Å². The topological polar surface area (TPSA) is 125 Å². The van der Waals surface area contributed by atoms with Gasteiger partial charge in [0.2, 0.25) is 5.91 Å². The Morgan fingerprint density at radius 2 is 1.95 bits per heavy atom. The summed E-state index contributed by atoms with van der Waals surface area (Å²) in [5.74, 6) is 0.417. The number of pyridine rings is 1. The van der Waals surface area contributed by atoms with E-state index in [-0.39, 0.29) is 35.2 Å². The van der Waals surface area contributed by atoms with Gasteiger partial charge in [0.1, 0.15) is 17.3 Å². The van der Waals surface area contributed by atoms with Crippen molar-refractivity contribution in [2.75, 3.05) is 38.8 Å². The lowest BCUT2D eigenvalue weighted by Gasteiger charge is -2.28. The first-order valence-corrected chi connectivity index (χ1v) is 12.8. The van der Waals surface area contributed by atoms with Crippen LogP contribution in [-0.2, 0) is 16.8 Å². The highest BCUT2D eigenvalue weighted by Crippen LogP contribution is 2.41. The number of benzene rings is 1. The standard InChI is InChI=1S/C28H35N5O5/c1-7-38-21-13-17-14-32(26(29)23(17)31-24(21)27(36)30-5)15-20(34)16-11-18(28(2,3)4)25(37-6)19(12-16)33-10-8-9-22(33)35/h11-13,29H,7-10,14-15H2,1-6H3,(H,30,36). The van der Waals surface area contributed by atoms with Crippen LogP contribution in [0.2, 0.25) is 0 Å². The molecule has 2 aromatic rings. The zero-order valence-electron chi connectivity index (χ0n) is 22.9. The minimum absolute atomic E-state index is 0.00706. The van der Waals surface area contributed by atoms with E-state index in [0.29, 0.717) is 60.1 Å². The highest BCUT2D eigenvalue weighted by atomic mass is 16.5. The van der Waals surface area contributed by atoms with Crippen molar-refractivity contribution in [3.63, 3.8) is 0 Å². The minimum Gasteiger partial charge on any atom is -0.494 e. The zero-order chi connectivity index (χ0) is 27.8. The monoisotopic (exact) mass is 521 g/mol. The lowest BCUT2D eigenvalue weighted by molar-refractivity contribution is -0.117. The quantitative estimate of drug-likeness (QED) is 0.511. The Kier molecular flexibility index (Phi) is 7.44. The number of hydrogen-bond donors (Lipinski definition) is 2. The van der Waals surface area contributed by atoms with Crippen LogP contribution in [0.1, 0.15) is 78.2 Å². The maximum Gasteiger partial charge on any atom is 0.273 e. The number of ketones is 1. The molecule has 10 heteroatoms. The van der Waals surface area contributed by atoms with Crippen LogP contribution in [0.3, 0.4) is 0 Å². The van der Waals surface area contributed by atoms with Crippen LogP contribution >= 0.6 is 0 Å². The first-order chi connectivity index (χ1) is 18.0. The summed E-state index contributed by atoms with van der Waals surface area (Å²) in [5, 5.41) is 11.2. The molecule has 202 valence electrons. The van der Waals surface area contributed by atoms with Crippen molar-refractivity contribution in [3.8, 4) is 11.5 Å². The largest absolute Gasteiger partial charge is 0.494 e. The number of Topliss-reactive ketones (excluding diaryl/α,β-unsaturated/α-hetero) is 1. The fraction of sp³-hybridized carbons (Fsp3) is 0.464. The van der Waals surface area contributed by atoms with Crippen LogP contribution in [0.15, 0.2) is 18.2 Å². The average molecular weight is 522 g/mol. The normalized spacial score (nSPS) is 15.1. The number of ether oxygens (including phenoxy) is 2. The number of amidine groups is 1. The smallest absolute Gasteiger partial charge is 0.273 e. The van der Waals surface area contributed by atoms with Crippen LogP contribution in [-0.4, -0.2) is 67.2 Å². The number of carbonyl (C=O) groups is 3. The van der Waals surface area contributed by atoms with E-state index in [1.165, 1.54) is 7.05 Å². The Bertz CT molecular complexity index is 1310. The predicted molar refractivity (Wildman–Crippen MR) is 144 cm³/mol. The number of amides is 2. The SMILES string of the molecule is CCOc1cc2c(nc1C(=O)NC)C(=N)N(CC(=O)c1cc(N3CCCC3=O)c(OC)c(C(C)(C)C)c1)C2. The molecule has 3 heterocycles. The molecule has 2 aliphatic heterocycles. The third-order valence-corrected chi connectivity index (χ3v) is 6.81. The fourth-order valence-corrected chi connectivity index (χ4v) is 4.89. The average Bonchev–Trinajstić information content (AvgIpc) is 3.44. The molecule has 1 saturated heterocycles. The van der Waals surface area contributed by atoms with E-state index in [1.807, 2.05) is 33.8 Å². The molecular formula is C28H35N5O5. The molecule has 0 radical (unpaired) electrons. The molecule has 0 spiro atoms. The second-order valence-corrected chi connectivity index (χ2v) is 10.5. The molecule has 0 atom stereocenters. The van der Waals surface area contributed by atoms with E-state index in [0.717, 1.165) is 12.0 Å². The van der Waals surface area contributed by atoms with Crippen molar-refractivity contribution in [2.24, 2.45) is 0 Å². The summed E-state index contributed by atoms with van der Waals surface area (Å²) in [6, 6.07) is 5.27. The van der Waals surface area contributed by atoms with E-state index < -0.39 is 5.91 Å². The Morgan fingerprint density at radius 1 is 1.21 bits per heavy atom. The third kappa shape index (κ3) is 4.94. The van der Waals surface area contributed by atoms with E-state index in [2.05, 4.69) is 10.3 Å². The van der Waals surface area contributed by atoms with E-state index in [1.54, 1.807) is 29.0 Å². The molecule has 38 heavy (non-hydrogen) atoms. The lowest BCUT2D eigenvalue weighted by atomic mass is 9.84. The molecule has 10 nitrogen and oxygen atoms in total. The van der Waals surface area contributed by atoms with Gasteiger partial charge in [-0.25, -0.2) is 4.98 Å². The highest BCUT2D eigenvalue weighted by molar-refractivity contribution is 6.07. The number of rotatable bonds is 8. The number of hydrogen-bond acceptors (Lipinski definition) is 7. The van der Waals surface area contributed by atoms with Gasteiger partial charge >= 0.3 is 0 Å². The van der Waals surface area contributed by atoms with Gasteiger partial charge in [-0.05, 0) is 37.0 Å². The molecule has 1 aromatic carbocycles. The zero-order valence-corrected chi connectivity index (χ0v) is 22.9. The second-order valence-electron chi connectivity index (χ2n) is 10.5. The number of carbonyl (C=O) groups excluding carboxylic acids is 3. The van der Waals surface area contributed by atoms with Crippen molar-refractivity contribution in [2.45, 2.75) is 52.5 Å². The van der Waals surface area contributed by atoms with E-state index >= 15 is 0 Å². The van der Waals surface area contributed by atoms with Gasteiger partial charge in [0, 0.05) is 43.2 Å². The van der Waals surface area contributed by atoms with Crippen LogP contribution in [0.5, 0.6) is 11.5 Å². The summed E-state index contributed by atoms with van der Waals surface area (Å²) < 4.78 is 11.4. The summed E-state index contributed by atoms with van der Waals surface area (Å²) in [5.41, 5.74) is 2.72. The summed E-state index contributed by atoms with van der Waals surface area (Å²) >= 11 is 0. The Morgan fingerprint density at radius 3 is 2.53 bits per heavy atom. The molecule has 0 unspecified atom stereocenters. The van der Waals surface area contributed by atoms with Crippen molar-refractivity contribution in [1.29, 1.82) is 5.41 Å². The molecular weight excluding hydrogens is 486 g/mol. The van der Waals surface area contributed by atoms with Gasteiger partial charge in [0.05, 0.1) is 25.9 Å². The third-order valence-electron chi connectivity index (χ3n) is 6.81. The number of methoxy groups -OCH3 is 1. The molecule has 0 bridgehead atoms.